The summed E-state index contributed by atoms with van der Waals surface area (Å²) in [5.41, 5.74) is 5.32. The molecule has 0 aromatic carbocycles. The number of sulfonamides is 1. The lowest BCUT2D eigenvalue weighted by Crippen LogP contribution is -2.37. The number of carbonyl (C=O) groups excluding carboxylic acids is 1. The highest BCUT2D eigenvalue weighted by molar-refractivity contribution is 7.90. The number of hydrogen-bond acceptors (Lipinski definition) is 5. The maximum atomic E-state index is 11.3. The number of esters is 1. The SMILES string of the molecule is CCOC(=O)CS(=O)(=O)NCC(C)C(N)=S. The van der Waals surface area contributed by atoms with Crippen molar-refractivity contribution < 1.29 is 17.9 Å². The van der Waals surface area contributed by atoms with Crippen molar-refractivity contribution in [2.45, 2.75) is 13.8 Å². The Bertz CT molecular complexity index is 353. The van der Waals surface area contributed by atoms with E-state index in [-0.39, 0.29) is 24.1 Å². The fourth-order valence-corrected chi connectivity index (χ4v) is 1.84. The average Bonchev–Trinajstić information content (AvgIpc) is 2.13. The van der Waals surface area contributed by atoms with E-state index in [1.165, 1.54) is 0 Å². The minimum Gasteiger partial charge on any atom is -0.465 e. The number of carbonyl (C=O) groups is 1. The van der Waals surface area contributed by atoms with Gasteiger partial charge in [-0.15, -0.1) is 0 Å². The number of nitrogens with one attached hydrogen (secondary N) is 1. The number of rotatable bonds is 7. The van der Waals surface area contributed by atoms with Gasteiger partial charge in [-0.2, -0.15) is 0 Å². The summed E-state index contributed by atoms with van der Waals surface area (Å²) in [6.07, 6.45) is 0. The Morgan fingerprint density at radius 2 is 2.12 bits per heavy atom. The summed E-state index contributed by atoms with van der Waals surface area (Å²) in [7, 11) is -3.67. The Kier molecular flexibility index (Phi) is 6.46. The first-order valence-electron chi connectivity index (χ1n) is 4.70. The number of ether oxygens (including phenoxy) is 1. The van der Waals surface area contributed by atoms with Crippen LogP contribution in [0.15, 0.2) is 0 Å². The fourth-order valence-electron chi connectivity index (χ4n) is 0.761. The van der Waals surface area contributed by atoms with Gasteiger partial charge in [-0.3, -0.25) is 4.79 Å². The van der Waals surface area contributed by atoms with Gasteiger partial charge in [-0.1, -0.05) is 19.1 Å². The molecule has 0 aliphatic carbocycles. The van der Waals surface area contributed by atoms with E-state index in [9.17, 15) is 13.2 Å². The summed E-state index contributed by atoms with van der Waals surface area (Å²) in [6, 6.07) is 0. The third-order valence-corrected chi connectivity index (χ3v) is 3.33. The summed E-state index contributed by atoms with van der Waals surface area (Å²) in [5, 5.41) is 0. The lowest BCUT2D eigenvalue weighted by Gasteiger charge is -2.10. The van der Waals surface area contributed by atoms with E-state index in [0.717, 1.165) is 0 Å². The van der Waals surface area contributed by atoms with E-state index < -0.39 is 21.7 Å². The summed E-state index contributed by atoms with van der Waals surface area (Å²) in [5.74, 6) is -1.73. The zero-order valence-corrected chi connectivity index (χ0v) is 10.9. The summed E-state index contributed by atoms with van der Waals surface area (Å²) >= 11 is 4.69. The van der Waals surface area contributed by atoms with Crippen LogP contribution in [0.3, 0.4) is 0 Å². The molecular formula is C8H16N2O4S2. The first-order chi connectivity index (χ1) is 7.28. The van der Waals surface area contributed by atoms with Crippen LogP contribution >= 0.6 is 12.2 Å². The van der Waals surface area contributed by atoms with Crippen molar-refractivity contribution in [2.75, 3.05) is 18.9 Å². The second-order valence-electron chi connectivity index (χ2n) is 3.22. The van der Waals surface area contributed by atoms with Gasteiger partial charge in [-0.25, -0.2) is 13.1 Å². The maximum absolute atomic E-state index is 11.3. The molecule has 8 heteroatoms. The second kappa shape index (κ2) is 6.77. The Balaban J connectivity index is 4.16. The number of hydrogen-bond donors (Lipinski definition) is 2. The monoisotopic (exact) mass is 268 g/mol. The van der Waals surface area contributed by atoms with Crippen LogP contribution in [-0.4, -0.2) is 38.3 Å². The Labute approximate surface area is 101 Å². The Morgan fingerprint density at radius 1 is 1.56 bits per heavy atom. The molecule has 16 heavy (non-hydrogen) atoms. The zero-order valence-electron chi connectivity index (χ0n) is 9.23. The molecule has 0 saturated carbocycles. The molecule has 0 amide bonds. The van der Waals surface area contributed by atoms with Crippen molar-refractivity contribution in [1.29, 1.82) is 0 Å². The molecule has 0 aliphatic rings. The van der Waals surface area contributed by atoms with E-state index in [0.29, 0.717) is 0 Å². The average molecular weight is 268 g/mol. The van der Waals surface area contributed by atoms with Gasteiger partial charge in [0.05, 0.1) is 11.6 Å². The van der Waals surface area contributed by atoms with Crippen LogP contribution in [0.4, 0.5) is 0 Å². The molecule has 0 bridgehead atoms. The van der Waals surface area contributed by atoms with Gasteiger partial charge < -0.3 is 10.5 Å². The molecule has 0 aromatic heterocycles. The lowest BCUT2D eigenvalue weighted by atomic mass is 10.2. The van der Waals surface area contributed by atoms with Crippen LogP contribution in [0.25, 0.3) is 0 Å². The highest BCUT2D eigenvalue weighted by atomic mass is 32.2. The fraction of sp³-hybridized carbons (Fsp3) is 0.750. The van der Waals surface area contributed by atoms with Crippen LogP contribution in [0.2, 0.25) is 0 Å². The van der Waals surface area contributed by atoms with Gasteiger partial charge in [-0.05, 0) is 6.92 Å². The molecule has 0 aliphatic heterocycles. The largest absolute Gasteiger partial charge is 0.465 e. The topological polar surface area (TPSA) is 98.5 Å². The molecule has 1 atom stereocenters. The molecule has 3 N–H and O–H groups in total. The van der Waals surface area contributed by atoms with Gasteiger partial charge in [0.1, 0.15) is 0 Å². The van der Waals surface area contributed by atoms with E-state index >= 15 is 0 Å². The molecule has 0 rings (SSSR count). The van der Waals surface area contributed by atoms with E-state index in [1.54, 1.807) is 13.8 Å². The molecule has 0 aromatic rings. The molecule has 0 saturated heterocycles. The maximum Gasteiger partial charge on any atom is 0.322 e. The van der Waals surface area contributed by atoms with Crippen LogP contribution in [0.5, 0.6) is 0 Å². The molecule has 1 unspecified atom stereocenters. The molecule has 94 valence electrons. The third kappa shape index (κ3) is 6.70. The predicted octanol–water partition coefficient (Wildman–Crippen LogP) is -0.609. The third-order valence-electron chi connectivity index (χ3n) is 1.71. The van der Waals surface area contributed by atoms with Crippen LogP contribution in [0, 0.1) is 5.92 Å². The van der Waals surface area contributed by atoms with E-state index in [4.69, 9.17) is 5.73 Å². The highest BCUT2D eigenvalue weighted by Crippen LogP contribution is 1.95. The molecule has 0 spiro atoms. The van der Waals surface area contributed by atoms with Crippen molar-refractivity contribution in [2.24, 2.45) is 11.7 Å². The molecule has 0 radical (unpaired) electrons. The summed E-state index contributed by atoms with van der Waals surface area (Å²) < 4.78 is 29.5. The highest BCUT2D eigenvalue weighted by Gasteiger charge is 2.18. The number of nitrogens with two attached hydrogens (primary N) is 1. The Hall–Kier alpha value is -0.730. The molecular weight excluding hydrogens is 252 g/mol. The second-order valence-corrected chi connectivity index (χ2v) is 5.49. The van der Waals surface area contributed by atoms with Crippen molar-refractivity contribution in [3.05, 3.63) is 0 Å². The number of thiocarbonyl (C=S) groups is 1. The standard InChI is InChI=1S/C8H16N2O4S2/c1-3-14-7(11)5-16(12,13)10-4-6(2)8(9)15/h6,10H,3-5H2,1-2H3,(H2,9,15). The minimum atomic E-state index is -3.67. The molecule has 0 fully saturated rings. The van der Waals surface area contributed by atoms with Gasteiger partial charge in [0.25, 0.3) is 0 Å². The van der Waals surface area contributed by atoms with Crippen LogP contribution in [-0.2, 0) is 19.6 Å². The smallest absolute Gasteiger partial charge is 0.322 e. The Morgan fingerprint density at radius 3 is 2.56 bits per heavy atom. The summed E-state index contributed by atoms with van der Waals surface area (Å²) in [4.78, 5) is 11.2. The first-order valence-corrected chi connectivity index (χ1v) is 6.76. The zero-order chi connectivity index (χ0) is 12.8. The van der Waals surface area contributed by atoms with E-state index in [2.05, 4.69) is 21.7 Å². The lowest BCUT2D eigenvalue weighted by molar-refractivity contribution is -0.139. The van der Waals surface area contributed by atoms with Gasteiger partial charge in [0.2, 0.25) is 10.0 Å². The first kappa shape index (κ1) is 15.3. The van der Waals surface area contributed by atoms with Gasteiger partial charge in [0.15, 0.2) is 5.75 Å². The van der Waals surface area contributed by atoms with Gasteiger partial charge >= 0.3 is 5.97 Å². The minimum absolute atomic E-state index is 0.0804. The normalized spacial score (nSPS) is 13.1. The quantitative estimate of drug-likeness (QED) is 0.472. The van der Waals surface area contributed by atoms with Crippen molar-refractivity contribution in [3.63, 3.8) is 0 Å². The molecule has 0 heterocycles. The van der Waals surface area contributed by atoms with Gasteiger partial charge in [0, 0.05) is 12.5 Å². The van der Waals surface area contributed by atoms with E-state index in [1.807, 2.05) is 0 Å². The van der Waals surface area contributed by atoms with Crippen LogP contribution in [0.1, 0.15) is 13.8 Å². The summed E-state index contributed by atoms with van der Waals surface area (Å²) in [6.45, 7) is 3.52. The van der Waals surface area contributed by atoms with Crippen molar-refractivity contribution in [1.82, 2.24) is 4.72 Å². The molecule has 6 nitrogen and oxygen atoms in total. The van der Waals surface area contributed by atoms with Crippen LogP contribution < -0.4 is 10.5 Å². The predicted molar refractivity (Wildman–Crippen MR) is 64.4 cm³/mol. The van der Waals surface area contributed by atoms with Crippen molar-refractivity contribution in [3.8, 4) is 0 Å². The van der Waals surface area contributed by atoms with Crippen molar-refractivity contribution >= 4 is 33.2 Å².